The van der Waals surface area contributed by atoms with E-state index in [1.54, 1.807) is 0 Å². The van der Waals surface area contributed by atoms with Crippen LogP contribution < -0.4 is 5.73 Å². The highest BCUT2D eigenvalue weighted by molar-refractivity contribution is 5.23. The maximum atomic E-state index is 6.49. The summed E-state index contributed by atoms with van der Waals surface area (Å²) in [4.78, 5) is 0. The van der Waals surface area contributed by atoms with Crippen LogP contribution in [0.3, 0.4) is 0 Å². The molecule has 0 amide bonds. The van der Waals surface area contributed by atoms with Gasteiger partial charge in [-0.3, -0.25) is 0 Å². The molecule has 1 nitrogen and oxygen atoms in total. The Morgan fingerprint density at radius 3 is 2.00 bits per heavy atom. The van der Waals surface area contributed by atoms with Crippen LogP contribution in [0.5, 0.6) is 0 Å². The summed E-state index contributed by atoms with van der Waals surface area (Å²) in [5.41, 5.74) is 6.82. The first-order valence-electron chi connectivity index (χ1n) is 5.53. The first kappa shape index (κ1) is 7.37. The van der Waals surface area contributed by atoms with E-state index in [0.29, 0.717) is 5.54 Å². The van der Waals surface area contributed by atoms with Gasteiger partial charge in [0.25, 0.3) is 0 Å². The zero-order valence-corrected chi connectivity index (χ0v) is 7.92. The van der Waals surface area contributed by atoms with Crippen LogP contribution in [0.25, 0.3) is 0 Å². The average molecular weight is 165 g/mol. The van der Waals surface area contributed by atoms with Crippen LogP contribution in [0.4, 0.5) is 0 Å². The summed E-state index contributed by atoms with van der Waals surface area (Å²) in [6, 6.07) is 0. The Labute approximate surface area is 74.7 Å². The smallest absolute Gasteiger partial charge is 0.0249 e. The highest BCUT2D eigenvalue weighted by Gasteiger charge is 2.69. The summed E-state index contributed by atoms with van der Waals surface area (Å²) >= 11 is 0. The van der Waals surface area contributed by atoms with Gasteiger partial charge in [-0.25, -0.2) is 0 Å². The van der Waals surface area contributed by atoms with E-state index in [1.807, 2.05) is 0 Å². The number of fused-ring (bicyclic) bond motifs is 1. The van der Waals surface area contributed by atoms with Crippen molar-refractivity contribution in [1.82, 2.24) is 0 Å². The first-order chi connectivity index (χ1) is 5.74. The molecule has 2 N–H and O–H groups in total. The molecule has 0 heterocycles. The maximum Gasteiger partial charge on any atom is 0.0249 e. The lowest BCUT2D eigenvalue weighted by Gasteiger charge is -2.09. The van der Waals surface area contributed by atoms with E-state index >= 15 is 0 Å². The molecule has 4 atom stereocenters. The average Bonchev–Trinajstić information content (AvgIpc) is 2.94. The van der Waals surface area contributed by atoms with Crippen molar-refractivity contribution in [1.29, 1.82) is 0 Å². The lowest BCUT2D eigenvalue weighted by molar-refractivity contribution is 0.480. The maximum absolute atomic E-state index is 6.49. The van der Waals surface area contributed by atoms with Crippen LogP contribution in [-0.2, 0) is 0 Å². The minimum absolute atomic E-state index is 0.329. The van der Waals surface area contributed by atoms with Crippen LogP contribution >= 0.6 is 0 Å². The number of hydrogen-bond acceptors (Lipinski definition) is 1. The van der Waals surface area contributed by atoms with Crippen molar-refractivity contribution in [3.63, 3.8) is 0 Å². The van der Waals surface area contributed by atoms with Crippen LogP contribution in [0, 0.1) is 23.7 Å². The molecule has 0 saturated heterocycles. The highest BCUT2D eigenvalue weighted by Crippen LogP contribution is 2.67. The van der Waals surface area contributed by atoms with E-state index in [2.05, 4.69) is 6.92 Å². The molecule has 3 rings (SSSR count). The van der Waals surface area contributed by atoms with E-state index in [0.717, 1.165) is 23.7 Å². The number of rotatable bonds is 1. The lowest BCUT2D eigenvalue weighted by Crippen LogP contribution is -2.30. The fourth-order valence-corrected chi connectivity index (χ4v) is 3.79. The van der Waals surface area contributed by atoms with Gasteiger partial charge in [-0.15, -0.1) is 0 Å². The fourth-order valence-electron chi connectivity index (χ4n) is 3.79. The summed E-state index contributed by atoms with van der Waals surface area (Å²) in [5.74, 6) is 3.72. The van der Waals surface area contributed by atoms with Crippen molar-refractivity contribution in [2.45, 2.75) is 44.6 Å². The number of hydrogen-bond donors (Lipinski definition) is 1. The van der Waals surface area contributed by atoms with Crippen molar-refractivity contribution in [2.24, 2.45) is 29.4 Å². The Hall–Kier alpha value is -0.0400. The van der Waals surface area contributed by atoms with E-state index in [4.69, 9.17) is 5.73 Å². The molecule has 0 spiro atoms. The van der Waals surface area contributed by atoms with Crippen molar-refractivity contribution in [2.75, 3.05) is 0 Å². The topological polar surface area (TPSA) is 26.0 Å². The van der Waals surface area contributed by atoms with Crippen molar-refractivity contribution in [3.8, 4) is 0 Å². The Bertz CT molecular complexity index is 199. The molecule has 4 unspecified atom stereocenters. The zero-order chi connectivity index (χ0) is 8.34. The number of nitrogens with two attached hydrogens (primary N) is 1. The van der Waals surface area contributed by atoms with E-state index in [1.165, 1.54) is 32.1 Å². The fraction of sp³-hybridized carbons (Fsp3) is 1.00. The Balaban J connectivity index is 1.77. The van der Waals surface area contributed by atoms with Crippen molar-refractivity contribution in [3.05, 3.63) is 0 Å². The van der Waals surface area contributed by atoms with Gasteiger partial charge in [0.05, 0.1) is 0 Å². The lowest BCUT2D eigenvalue weighted by atomic mass is 10.0. The van der Waals surface area contributed by atoms with Gasteiger partial charge >= 0.3 is 0 Å². The monoisotopic (exact) mass is 165 g/mol. The molecule has 0 aromatic rings. The third-order valence-corrected chi connectivity index (χ3v) is 4.69. The van der Waals surface area contributed by atoms with Gasteiger partial charge in [0.2, 0.25) is 0 Å². The second-order valence-corrected chi connectivity index (χ2v) is 5.32. The molecule has 3 aliphatic rings. The van der Waals surface area contributed by atoms with Crippen molar-refractivity contribution < 1.29 is 0 Å². The molecular weight excluding hydrogens is 146 g/mol. The molecule has 12 heavy (non-hydrogen) atoms. The third-order valence-electron chi connectivity index (χ3n) is 4.69. The minimum atomic E-state index is 0.329. The Morgan fingerprint density at radius 2 is 1.58 bits per heavy atom. The van der Waals surface area contributed by atoms with Crippen LogP contribution in [0.2, 0.25) is 0 Å². The van der Waals surface area contributed by atoms with Gasteiger partial charge in [-0.2, -0.15) is 0 Å². The standard InChI is InChI=1S/C11H19N/c1-7-6-10(7)11(12)8-4-2-3-5-9(8)11/h7-10H,2-6,12H2,1H3. The van der Waals surface area contributed by atoms with Gasteiger partial charge in [-0.1, -0.05) is 19.8 Å². The summed E-state index contributed by atoms with van der Waals surface area (Å²) < 4.78 is 0. The second kappa shape index (κ2) is 2.06. The molecule has 0 aromatic heterocycles. The van der Waals surface area contributed by atoms with Crippen LogP contribution in [0.1, 0.15) is 39.0 Å². The summed E-state index contributed by atoms with van der Waals surface area (Å²) in [6.45, 7) is 2.36. The Morgan fingerprint density at radius 1 is 1.08 bits per heavy atom. The predicted octanol–water partition coefficient (Wildman–Crippen LogP) is 2.16. The molecule has 0 aliphatic heterocycles. The Kier molecular flexibility index (Phi) is 1.27. The molecule has 0 radical (unpaired) electrons. The van der Waals surface area contributed by atoms with E-state index < -0.39 is 0 Å². The third kappa shape index (κ3) is 0.736. The van der Waals surface area contributed by atoms with Gasteiger partial charge < -0.3 is 5.73 Å². The molecule has 0 aromatic carbocycles. The molecular formula is C11H19N. The van der Waals surface area contributed by atoms with E-state index in [-0.39, 0.29) is 0 Å². The first-order valence-corrected chi connectivity index (χ1v) is 5.53. The quantitative estimate of drug-likeness (QED) is 0.633. The molecule has 1 heteroatoms. The minimum Gasteiger partial charge on any atom is -0.324 e. The van der Waals surface area contributed by atoms with Crippen LogP contribution in [-0.4, -0.2) is 5.54 Å². The molecule has 3 fully saturated rings. The normalized spacial score (nSPS) is 62.5. The van der Waals surface area contributed by atoms with Gasteiger partial charge in [-0.05, 0) is 42.9 Å². The summed E-state index contributed by atoms with van der Waals surface area (Å²) in [5, 5.41) is 0. The molecule has 0 bridgehead atoms. The summed E-state index contributed by atoms with van der Waals surface area (Å²) in [6.07, 6.45) is 7.18. The largest absolute Gasteiger partial charge is 0.324 e. The van der Waals surface area contributed by atoms with Crippen LogP contribution in [0.15, 0.2) is 0 Å². The van der Waals surface area contributed by atoms with Gasteiger partial charge in [0.15, 0.2) is 0 Å². The SMILES string of the molecule is CC1CC1C1(N)C2CCCCC21. The molecule has 3 saturated carbocycles. The zero-order valence-electron chi connectivity index (χ0n) is 7.92. The van der Waals surface area contributed by atoms with E-state index in [9.17, 15) is 0 Å². The summed E-state index contributed by atoms with van der Waals surface area (Å²) in [7, 11) is 0. The molecule has 3 aliphatic carbocycles. The highest BCUT2D eigenvalue weighted by atomic mass is 15.0. The van der Waals surface area contributed by atoms with Crippen molar-refractivity contribution >= 4 is 0 Å². The van der Waals surface area contributed by atoms with Gasteiger partial charge in [0, 0.05) is 5.54 Å². The molecule has 68 valence electrons. The predicted molar refractivity (Wildman–Crippen MR) is 49.6 cm³/mol. The van der Waals surface area contributed by atoms with Gasteiger partial charge in [0.1, 0.15) is 0 Å². The second-order valence-electron chi connectivity index (χ2n) is 5.32.